The lowest BCUT2D eigenvalue weighted by atomic mass is 10.2. The van der Waals surface area contributed by atoms with Gasteiger partial charge in [-0.1, -0.05) is 34.7 Å². The molecule has 0 bridgehead atoms. The highest BCUT2D eigenvalue weighted by Crippen LogP contribution is 2.33. The predicted molar refractivity (Wildman–Crippen MR) is 114 cm³/mol. The number of hydrogen-bond donors (Lipinski definition) is 1. The minimum Gasteiger partial charge on any atom is -0.497 e. The van der Waals surface area contributed by atoms with E-state index in [2.05, 4.69) is 20.4 Å². The van der Waals surface area contributed by atoms with Crippen molar-refractivity contribution in [1.82, 2.24) is 15.1 Å². The van der Waals surface area contributed by atoms with Crippen molar-refractivity contribution in [1.29, 1.82) is 0 Å². The minimum atomic E-state index is -0.272. The molecule has 9 heteroatoms. The third-order valence-corrected chi connectivity index (χ3v) is 5.86. The molecule has 0 radical (unpaired) electrons. The summed E-state index contributed by atoms with van der Waals surface area (Å²) >= 11 is 2.83. The number of rotatable bonds is 6. The van der Waals surface area contributed by atoms with Gasteiger partial charge in [-0.2, -0.15) is 4.98 Å². The summed E-state index contributed by atoms with van der Waals surface area (Å²) in [6.45, 7) is 1.84. The second-order valence-corrected chi connectivity index (χ2v) is 7.88. The number of methoxy groups -OCH3 is 1. The maximum Gasteiger partial charge on any atom is 0.270 e. The SMILES string of the molecule is COc1ccc(/C=C/C(=O)Nc2nc(C)c(-c3nc(-c4cccs4)no3)s2)cc1. The van der Waals surface area contributed by atoms with Crippen LogP contribution in [0.1, 0.15) is 11.3 Å². The summed E-state index contributed by atoms with van der Waals surface area (Å²) in [4.78, 5) is 22.7. The molecular formula is C20H16N4O3S2. The Morgan fingerprint density at radius 3 is 2.76 bits per heavy atom. The van der Waals surface area contributed by atoms with Crippen LogP contribution < -0.4 is 10.1 Å². The number of nitrogens with zero attached hydrogens (tertiary/aromatic N) is 3. The summed E-state index contributed by atoms with van der Waals surface area (Å²) in [6.07, 6.45) is 3.18. The fourth-order valence-corrected chi connectivity index (χ4v) is 4.04. The molecule has 1 amide bonds. The van der Waals surface area contributed by atoms with E-state index in [1.165, 1.54) is 28.7 Å². The van der Waals surface area contributed by atoms with Crippen LogP contribution in [-0.4, -0.2) is 28.1 Å². The Morgan fingerprint density at radius 1 is 1.21 bits per heavy atom. The van der Waals surface area contributed by atoms with Gasteiger partial charge in [-0.15, -0.1) is 11.3 Å². The number of hydrogen-bond acceptors (Lipinski definition) is 8. The highest BCUT2D eigenvalue weighted by Gasteiger charge is 2.18. The van der Waals surface area contributed by atoms with Gasteiger partial charge in [-0.05, 0) is 42.1 Å². The number of aryl methyl sites for hydroxylation is 1. The Morgan fingerprint density at radius 2 is 2.03 bits per heavy atom. The number of amides is 1. The summed E-state index contributed by atoms with van der Waals surface area (Å²) in [5.41, 5.74) is 1.61. The molecular weight excluding hydrogens is 408 g/mol. The van der Waals surface area contributed by atoms with E-state index in [0.717, 1.165) is 21.1 Å². The van der Waals surface area contributed by atoms with E-state index in [9.17, 15) is 4.79 Å². The van der Waals surface area contributed by atoms with Gasteiger partial charge < -0.3 is 9.26 Å². The van der Waals surface area contributed by atoms with Crippen molar-refractivity contribution in [3.8, 4) is 27.2 Å². The van der Waals surface area contributed by atoms with E-state index in [0.29, 0.717) is 22.5 Å². The quantitative estimate of drug-likeness (QED) is 0.443. The minimum absolute atomic E-state index is 0.272. The molecule has 4 rings (SSSR count). The molecule has 0 aliphatic rings. The zero-order valence-electron chi connectivity index (χ0n) is 15.6. The third kappa shape index (κ3) is 4.41. The van der Waals surface area contributed by atoms with E-state index in [4.69, 9.17) is 9.26 Å². The maximum absolute atomic E-state index is 12.2. The predicted octanol–water partition coefficient (Wildman–Crippen LogP) is 4.89. The van der Waals surface area contributed by atoms with Crippen molar-refractivity contribution < 1.29 is 14.1 Å². The fourth-order valence-electron chi connectivity index (χ4n) is 2.50. The number of aromatic nitrogens is 3. The second kappa shape index (κ2) is 8.38. The lowest BCUT2D eigenvalue weighted by molar-refractivity contribution is -0.111. The molecule has 3 heterocycles. The third-order valence-electron chi connectivity index (χ3n) is 3.93. The monoisotopic (exact) mass is 424 g/mol. The van der Waals surface area contributed by atoms with Gasteiger partial charge in [0.1, 0.15) is 10.6 Å². The highest BCUT2D eigenvalue weighted by molar-refractivity contribution is 7.19. The molecule has 3 aromatic heterocycles. The smallest absolute Gasteiger partial charge is 0.270 e. The van der Waals surface area contributed by atoms with Crippen molar-refractivity contribution in [2.75, 3.05) is 12.4 Å². The summed E-state index contributed by atoms with van der Waals surface area (Å²) in [5, 5.41) is 9.21. The number of nitrogens with one attached hydrogen (secondary N) is 1. The maximum atomic E-state index is 12.2. The second-order valence-electron chi connectivity index (χ2n) is 5.93. The number of thiazole rings is 1. The lowest BCUT2D eigenvalue weighted by Gasteiger charge is -1.99. The summed E-state index contributed by atoms with van der Waals surface area (Å²) in [5.74, 6) is 1.42. The topological polar surface area (TPSA) is 90.1 Å². The van der Waals surface area contributed by atoms with Gasteiger partial charge in [0.15, 0.2) is 5.13 Å². The molecule has 146 valence electrons. The zero-order valence-corrected chi connectivity index (χ0v) is 17.2. The van der Waals surface area contributed by atoms with Crippen molar-refractivity contribution in [2.45, 2.75) is 6.92 Å². The molecule has 0 unspecified atom stereocenters. The van der Waals surface area contributed by atoms with Crippen LogP contribution in [-0.2, 0) is 4.79 Å². The van der Waals surface area contributed by atoms with Crippen LogP contribution in [0.15, 0.2) is 52.4 Å². The summed E-state index contributed by atoms with van der Waals surface area (Å²) < 4.78 is 10.5. The van der Waals surface area contributed by atoms with Crippen molar-refractivity contribution in [3.05, 3.63) is 59.1 Å². The molecule has 1 N–H and O–H groups in total. The Hall–Kier alpha value is -3.30. The molecule has 0 aliphatic heterocycles. The Kier molecular flexibility index (Phi) is 5.50. The molecule has 0 saturated carbocycles. The van der Waals surface area contributed by atoms with Crippen LogP contribution in [0, 0.1) is 6.92 Å². The number of thiophene rings is 1. The molecule has 7 nitrogen and oxygen atoms in total. The van der Waals surface area contributed by atoms with Crippen LogP contribution in [0.25, 0.3) is 27.5 Å². The largest absolute Gasteiger partial charge is 0.497 e. The van der Waals surface area contributed by atoms with E-state index in [1.807, 2.05) is 48.7 Å². The molecule has 0 spiro atoms. The van der Waals surface area contributed by atoms with Crippen LogP contribution in [0.4, 0.5) is 5.13 Å². The normalized spacial score (nSPS) is 11.1. The van der Waals surface area contributed by atoms with Crippen LogP contribution >= 0.6 is 22.7 Å². The van der Waals surface area contributed by atoms with E-state index in [-0.39, 0.29) is 5.91 Å². The molecule has 1 aromatic carbocycles. The molecule has 4 aromatic rings. The number of carbonyl (C=O) groups is 1. The standard InChI is InChI=1S/C20H16N4O3S2/c1-12-17(19-23-18(24-27-19)15-4-3-11-28-15)29-20(21-12)22-16(25)10-7-13-5-8-14(26-2)9-6-13/h3-11H,1-2H3,(H,21,22,25)/b10-7+. The Bertz CT molecular complexity index is 1150. The highest BCUT2D eigenvalue weighted by atomic mass is 32.1. The van der Waals surface area contributed by atoms with Gasteiger partial charge in [-0.25, -0.2) is 4.98 Å². The van der Waals surface area contributed by atoms with Gasteiger partial charge in [0, 0.05) is 6.08 Å². The van der Waals surface area contributed by atoms with Gasteiger partial charge >= 0.3 is 0 Å². The summed E-state index contributed by atoms with van der Waals surface area (Å²) in [7, 11) is 1.61. The summed E-state index contributed by atoms with van der Waals surface area (Å²) in [6, 6.07) is 11.3. The molecule has 0 atom stereocenters. The van der Waals surface area contributed by atoms with E-state index < -0.39 is 0 Å². The van der Waals surface area contributed by atoms with E-state index in [1.54, 1.807) is 13.2 Å². The van der Waals surface area contributed by atoms with Gasteiger partial charge in [0.05, 0.1) is 17.7 Å². The molecule has 0 saturated heterocycles. The van der Waals surface area contributed by atoms with Crippen LogP contribution in [0.2, 0.25) is 0 Å². The molecule has 29 heavy (non-hydrogen) atoms. The average Bonchev–Trinajstić information content (AvgIpc) is 3.47. The van der Waals surface area contributed by atoms with Gasteiger partial charge in [0.25, 0.3) is 5.89 Å². The molecule has 0 aliphatic carbocycles. The average molecular weight is 425 g/mol. The zero-order chi connectivity index (χ0) is 20.2. The first-order valence-electron chi connectivity index (χ1n) is 8.61. The first-order valence-corrected chi connectivity index (χ1v) is 10.3. The lowest BCUT2D eigenvalue weighted by Crippen LogP contribution is -2.07. The first kappa shape index (κ1) is 19.0. The van der Waals surface area contributed by atoms with E-state index >= 15 is 0 Å². The number of benzene rings is 1. The Labute approximate surface area is 174 Å². The van der Waals surface area contributed by atoms with Crippen LogP contribution in [0.3, 0.4) is 0 Å². The Balaban J connectivity index is 1.45. The first-order chi connectivity index (χ1) is 14.1. The van der Waals surface area contributed by atoms with Crippen molar-refractivity contribution in [2.24, 2.45) is 0 Å². The van der Waals surface area contributed by atoms with Crippen LogP contribution in [0.5, 0.6) is 5.75 Å². The van der Waals surface area contributed by atoms with Gasteiger partial charge in [-0.3, -0.25) is 10.1 Å². The fraction of sp³-hybridized carbons (Fsp3) is 0.100. The van der Waals surface area contributed by atoms with Crippen molar-refractivity contribution >= 4 is 39.8 Å². The number of carbonyl (C=O) groups excluding carboxylic acids is 1. The number of ether oxygens (including phenoxy) is 1. The van der Waals surface area contributed by atoms with Crippen molar-refractivity contribution in [3.63, 3.8) is 0 Å². The number of anilines is 1. The molecule has 0 fully saturated rings. The van der Waals surface area contributed by atoms with Gasteiger partial charge in [0.2, 0.25) is 11.7 Å².